The normalized spacial score (nSPS) is 11.7. The number of carboxylic acid groups (broad SMARTS) is 1. The first-order valence-corrected chi connectivity index (χ1v) is 7.46. The van der Waals surface area contributed by atoms with Crippen molar-refractivity contribution in [2.75, 3.05) is 5.75 Å². The minimum absolute atomic E-state index is 0.0356. The Morgan fingerprint density at radius 3 is 2.84 bits per heavy atom. The molecule has 0 bridgehead atoms. The van der Waals surface area contributed by atoms with Crippen molar-refractivity contribution < 1.29 is 9.90 Å². The maximum absolute atomic E-state index is 10.7. The summed E-state index contributed by atoms with van der Waals surface area (Å²) in [6.45, 7) is 5.90. The molecule has 0 radical (unpaired) electrons. The van der Waals surface area contributed by atoms with Crippen LogP contribution in [0.3, 0.4) is 0 Å². The van der Waals surface area contributed by atoms with Crippen molar-refractivity contribution in [2.24, 2.45) is 0 Å². The van der Waals surface area contributed by atoms with Gasteiger partial charge >= 0.3 is 5.97 Å². The highest BCUT2D eigenvalue weighted by molar-refractivity contribution is 7.99. The van der Waals surface area contributed by atoms with E-state index in [1.54, 1.807) is 17.5 Å². The van der Waals surface area contributed by atoms with Gasteiger partial charge in [0.25, 0.3) is 0 Å². The van der Waals surface area contributed by atoms with Gasteiger partial charge in [0.1, 0.15) is 10.8 Å². The first-order valence-electron chi connectivity index (χ1n) is 5.60. The molecule has 0 aliphatic heterocycles. The van der Waals surface area contributed by atoms with Gasteiger partial charge in [0.05, 0.1) is 11.3 Å². The lowest BCUT2D eigenvalue weighted by Gasteiger charge is -2.26. The monoisotopic (exact) mass is 298 g/mol. The van der Waals surface area contributed by atoms with Crippen molar-refractivity contribution in [1.82, 2.24) is 19.7 Å². The van der Waals surface area contributed by atoms with E-state index < -0.39 is 11.5 Å². The number of nitrogens with zero attached hydrogens (tertiary/aromatic N) is 4. The molecule has 2 heterocycles. The van der Waals surface area contributed by atoms with Gasteiger partial charge in [0.2, 0.25) is 0 Å². The van der Waals surface area contributed by atoms with Crippen molar-refractivity contribution in [1.29, 1.82) is 0 Å². The molecule has 2 aromatic heterocycles. The van der Waals surface area contributed by atoms with Gasteiger partial charge in [-0.25, -0.2) is 4.98 Å². The van der Waals surface area contributed by atoms with Crippen LogP contribution < -0.4 is 0 Å². The summed E-state index contributed by atoms with van der Waals surface area (Å²) in [5, 5.41) is 20.3. The molecule has 0 saturated heterocycles. The number of aliphatic carboxylic acids is 1. The fourth-order valence-corrected chi connectivity index (χ4v) is 3.42. The van der Waals surface area contributed by atoms with E-state index in [0.29, 0.717) is 5.16 Å². The highest BCUT2D eigenvalue weighted by atomic mass is 32.2. The molecule has 2 rings (SSSR count). The van der Waals surface area contributed by atoms with Crippen LogP contribution in [0.2, 0.25) is 0 Å². The molecule has 0 unspecified atom stereocenters. The van der Waals surface area contributed by atoms with E-state index in [-0.39, 0.29) is 5.75 Å². The molecule has 8 heteroatoms. The SMILES string of the molecule is Cc1nnc(SCC(=O)O)n1C(C)(C)c1nccs1. The Labute approximate surface area is 118 Å². The first-order chi connectivity index (χ1) is 8.93. The smallest absolute Gasteiger partial charge is 0.313 e. The molecule has 0 fully saturated rings. The molecule has 0 atom stereocenters. The largest absolute Gasteiger partial charge is 0.481 e. The van der Waals surface area contributed by atoms with Crippen LogP contribution in [0, 0.1) is 6.92 Å². The number of carboxylic acids is 1. The summed E-state index contributed by atoms with van der Waals surface area (Å²) >= 11 is 2.72. The second kappa shape index (κ2) is 5.30. The number of aryl methyl sites for hydroxylation is 1. The van der Waals surface area contributed by atoms with Crippen molar-refractivity contribution in [3.8, 4) is 0 Å². The third-order valence-electron chi connectivity index (χ3n) is 2.63. The predicted octanol–water partition coefficient (Wildman–Crippen LogP) is 2.00. The van der Waals surface area contributed by atoms with Gasteiger partial charge in [-0.05, 0) is 20.8 Å². The molecule has 0 aliphatic carbocycles. The van der Waals surface area contributed by atoms with Crippen LogP contribution in [0.4, 0.5) is 0 Å². The van der Waals surface area contributed by atoms with Crippen LogP contribution in [-0.2, 0) is 10.3 Å². The van der Waals surface area contributed by atoms with E-state index in [1.165, 1.54) is 11.8 Å². The van der Waals surface area contributed by atoms with Gasteiger partial charge in [-0.1, -0.05) is 11.8 Å². The Bertz CT molecular complexity index is 578. The van der Waals surface area contributed by atoms with E-state index in [0.717, 1.165) is 10.8 Å². The van der Waals surface area contributed by atoms with Gasteiger partial charge in [-0.15, -0.1) is 21.5 Å². The summed E-state index contributed by atoms with van der Waals surface area (Å²) in [5.74, 6) is -0.163. The number of thiazole rings is 1. The minimum Gasteiger partial charge on any atom is -0.481 e. The van der Waals surface area contributed by atoms with Gasteiger partial charge in [0, 0.05) is 11.6 Å². The van der Waals surface area contributed by atoms with E-state index in [2.05, 4.69) is 15.2 Å². The molecule has 0 saturated carbocycles. The average Bonchev–Trinajstić information content (AvgIpc) is 2.95. The van der Waals surface area contributed by atoms with Crippen molar-refractivity contribution in [3.05, 3.63) is 22.4 Å². The lowest BCUT2D eigenvalue weighted by atomic mass is 10.1. The lowest BCUT2D eigenvalue weighted by molar-refractivity contribution is -0.133. The fraction of sp³-hybridized carbons (Fsp3) is 0.455. The Balaban J connectivity index is 2.38. The van der Waals surface area contributed by atoms with E-state index in [1.807, 2.05) is 30.7 Å². The van der Waals surface area contributed by atoms with Crippen LogP contribution in [0.25, 0.3) is 0 Å². The number of aromatic nitrogens is 4. The van der Waals surface area contributed by atoms with Crippen LogP contribution in [0.5, 0.6) is 0 Å². The zero-order valence-corrected chi connectivity index (χ0v) is 12.5. The number of hydrogen-bond donors (Lipinski definition) is 1. The summed E-state index contributed by atoms with van der Waals surface area (Å²) in [4.78, 5) is 15.0. The average molecular weight is 298 g/mol. The Hall–Kier alpha value is -1.41. The van der Waals surface area contributed by atoms with Gasteiger partial charge in [-0.3, -0.25) is 9.36 Å². The Kier molecular flexibility index (Phi) is 3.91. The zero-order valence-electron chi connectivity index (χ0n) is 10.8. The second-order valence-corrected chi connectivity index (χ2v) is 6.28. The van der Waals surface area contributed by atoms with Crippen molar-refractivity contribution >= 4 is 29.1 Å². The molecule has 6 nitrogen and oxygen atoms in total. The summed E-state index contributed by atoms with van der Waals surface area (Å²) in [5.41, 5.74) is -0.400. The maximum atomic E-state index is 10.7. The van der Waals surface area contributed by atoms with E-state index in [4.69, 9.17) is 5.11 Å². The lowest BCUT2D eigenvalue weighted by Crippen LogP contribution is -2.29. The summed E-state index contributed by atoms with van der Waals surface area (Å²) in [6.07, 6.45) is 1.76. The molecule has 1 N–H and O–H groups in total. The predicted molar refractivity (Wildman–Crippen MR) is 73.7 cm³/mol. The first kappa shape index (κ1) is 14.0. The summed E-state index contributed by atoms with van der Waals surface area (Å²) < 4.78 is 1.93. The fourth-order valence-electron chi connectivity index (χ4n) is 1.83. The molecule has 0 aromatic carbocycles. The topological polar surface area (TPSA) is 80.9 Å². The molecule has 0 aliphatic rings. The molecular formula is C11H14N4O2S2. The zero-order chi connectivity index (χ0) is 14.0. The molecular weight excluding hydrogens is 284 g/mol. The molecule has 0 amide bonds. The quantitative estimate of drug-likeness (QED) is 0.850. The highest BCUT2D eigenvalue weighted by Gasteiger charge is 2.30. The van der Waals surface area contributed by atoms with Crippen LogP contribution >= 0.6 is 23.1 Å². The summed E-state index contributed by atoms with van der Waals surface area (Å²) in [6, 6.07) is 0. The van der Waals surface area contributed by atoms with Crippen LogP contribution in [0.15, 0.2) is 16.7 Å². The standard InChI is InChI=1S/C11H14N4O2S2/c1-7-13-14-10(19-6-8(16)17)15(7)11(2,3)9-12-4-5-18-9/h4-5H,6H2,1-3H3,(H,16,17). The number of thioether (sulfide) groups is 1. The third-order valence-corrected chi connectivity index (χ3v) is 4.63. The third kappa shape index (κ3) is 2.79. The number of hydrogen-bond acceptors (Lipinski definition) is 6. The van der Waals surface area contributed by atoms with E-state index >= 15 is 0 Å². The van der Waals surface area contributed by atoms with Crippen LogP contribution in [0.1, 0.15) is 24.7 Å². The van der Waals surface area contributed by atoms with Crippen LogP contribution in [-0.4, -0.2) is 36.6 Å². The van der Waals surface area contributed by atoms with Crippen molar-refractivity contribution in [3.63, 3.8) is 0 Å². The second-order valence-electron chi connectivity index (χ2n) is 4.44. The molecule has 0 spiro atoms. The molecule has 19 heavy (non-hydrogen) atoms. The van der Waals surface area contributed by atoms with Gasteiger partial charge in [-0.2, -0.15) is 0 Å². The Morgan fingerprint density at radius 1 is 1.53 bits per heavy atom. The number of rotatable bonds is 5. The molecule has 2 aromatic rings. The number of carbonyl (C=O) groups is 1. The van der Waals surface area contributed by atoms with E-state index in [9.17, 15) is 4.79 Å². The maximum Gasteiger partial charge on any atom is 0.313 e. The molecule has 102 valence electrons. The Morgan fingerprint density at radius 2 is 2.26 bits per heavy atom. The van der Waals surface area contributed by atoms with Crippen molar-refractivity contribution in [2.45, 2.75) is 31.5 Å². The van der Waals surface area contributed by atoms with Gasteiger partial charge < -0.3 is 5.11 Å². The van der Waals surface area contributed by atoms with Gasteiger partial charge in [0.15, 0.2) is 5.16 Å². The minimum atomic E-state index is -0.871. The summed E-state index contributed by atoms with van der Waals surface area (Å²) in [7, 11) is 0. The highest BCUT2D eigenvalue weighted by Crippen LogP contribution is 2.32.